The molecule has 0 amide bonds. The molecule has 0 fully saturated rings. The Hall–Kier alpha value is -0.298. The average molecular weight is 417 g/mol. The van der Waals surface area contributed by atoms with Crippen molar-refractivity contribution in [2.75, 3.05) is 13.2 Å². The largest absolute Gasteiger partial charge is 2.00 e. The summed E-state index contributed by atoms with van der Waals surface area (Å²) < 4.78 is 0. The van der Waals surface area contributed by atoms with Crippen LogP contribution >= 0.6 is 0 Å². The van der Waals surface area contributed by atoms with Gasteiger partial charge in [0, 0.05) is 0 Å². The van der Waals surface area contributed by atoms with Gasteiger partial charge in [-0.3, -0.25) is 0 Å². The van der Waals surface area contributed by atoms with Crippen molar-refractivity contribution in [3.8, 4) is 0 Å². The topological polar surface area (TPSA) is 161 Å². The van der Waals surface area contributed by atoms with Crippen LogP contribution in [0.1, 0.15) is 0 Å². The van der Waals surface area contributed by atoms with Crippen LogP contribution in [-0.4, -0.2) is 85.1 Å². The molecule has 2 radical (unpaired) electrons. The van der Waals surface area contributed by atoms with E-state index < -0.39 is 37.4 Å². The van der Waals surface area contributed by atoms with Crippen molar-refractivity contribution in [2.24, 2.45) is 0 Å². The summed E-state index contributed by atoms with van der Waals surface area (Å²) >= 11 is 0. The average Bonchev–Trinajstić information content (AvgIpc) is 2.15. The van der Waals surface area contributed by atoms with Gasteiger partial charge < -0.3 is 40.2 Å². The fourth-order valence-electron chi connectivity index (χ4n) is 0.149. The maximum absolute atomic E-state index is 9.41. The summed E-state index contributed by atoms with van der Waals surface area (Å²) in [6.07, 6.45) is -3.47. The molecule has 0 aliphatic heterocycles. The second-order valence-corrected chi connectivity index (χ2v) is 2.03. The molecule has 9 heteroatoms. The third-order valence-corrected chi connectivity index (χ3v) is 0.890. The molecule has 0 aromatic carbocycles. The Morgan fingerprint density at radius 3 is 1.13 bits per heavy atom. The molecule has 0 spiro atoms. The number of carbonyl (C=O) groups is 2. The van der Waals surface area contributed by atoms with E-state index in [-0.39, 0.29) is 27.3 Å². The Kier molecular flexibility index (Phi) is 15.8. The maximum atomic E-state index is 9.41. The first-order valence-electron chi connectivity index (χ1n) is 3.36. The fraction of sp³-hybridized carbons (Fsp3) is 0.667. The second-order valence-electron chi connectivity index (χ2n) is 2.03. The van der Waals surface area contributed by atoms with Crippen molar-refractivity contribution in [3.63, 3.8) is 0 Å². The second kappa shape index (κ2) is 11.8. The molecule has 0 bridgehead atoms. The van der Waals surface area contributed by atoms with E-state index in [0.717, 1.165) is 0 Å². The smallest absolute Gasteiger partial charge is 0.547 e. The van der Waals surface area contributed by atoms with Gasteiger partial charge in [-0.05, 0) is 0 Å². The predicted octanol–water partition coefficient (Wildman–Crippen LogP) is -6.20. The number of aliphatic carboxylic acids is 2. The van der Waals surface area contributed by atoms with Gasteiger partial charge in [0.05, 0.1) is 25.2 Å². The fourth-order valence-corrected chi connectivity index (χ4v) is 0.149. The monoisotopic (exact) mass is 418 g/mol. The Bertz CT molecular complexity index is 164. The summed E-state index contributed by atoms with van der Waals surface area (Å²) in [5.41, 5.74) is 0. The van der Waals surface area contributed by atoms with Gasteiger partial charge in [0.25, 0.3) is 0 Å². The van der Waals surface area contributed by atoms with Crippen LogP contribution in [0.15, 0.2) is 0 Å². The molecule has 0 aliphatic carbocycles. The van der Waals surface area contributed by atoms with E-state index >= 15 is 0 Å². The van der Waals surface area contributed by atoms with Crippen LogP contribution in [0.25, 0.3) is 0 Å². The first-order chi connectivity index (χ1) is 6.36. The van der Waals surface area contributed by atoms with E-state index in [1.54, 1.807) is 0 Å². The number of carboxylic acids is 2. The van der Waals surface area contributed by atoms with Gasteiger partial charge in [-0.25, -0.2) is 0 Å². The van der Waals surface area contributed by atoms with Crippen LogP contribution in [0, 0.1) is 0 Å². The number of carboxylic acid groups (broad SMARTS) is 2. The van der Waals surface area contributed by atoms with Crippen molar-refractivity contribution < 1.29 is 40.2 Å². The molecule has 0 heterocycles. The van der Waals surface area contributed by atoms with Gasteiger partial charge in [0.2, 0.25) is 0 Å². The number of hydrogen-bond donors (Lipinski definition) is 4. The SMILES string of the molecule is O=C([O-])C(O)CO.O=C([O-])C(O)CO.[Pb+2]. The van der Waals surface area contributed by atoms with Crippen LogP contribution in [0.4, 0.5) is 0 Å². The normalized spacial score (nSPS) is 12.5. The molecule has 4 N–H and O–H groups in total. The molecular formula is C6H10O8Pb. The van der Waals surface area contributed by atoms with Gasteiger partial charge in [-0.1, -0.05) is 0 Å². The Morgan fingerprint density at radius 2 is 1.13 bits per heavy atom. The first kappa shape index (κ1) is 20.2. The molecule has 2 unspecified atom stereocenters. The van der Waals surface area contributed by atoms with Crippen LogP contribution in [0.5, 0.6) is 0 Å². The molecule has 86 valence electrons. The Balaban J connectivity index is -0.000000180. The first-order valence-corrected chi connectivity index (χ1v) is 3.36. The van der Waals surface area contributed by atoms with E-state index in [4.69, 9.17) is 20.4 Å². The maximum Gasteiger partial charge on any atom is 2.00 e. The van der Waals surface area contributed by atoms with Gasteiger partial charge in [0.1, 0.15) is 12.2 Å². The molecule has 0 rings (SSSR count). The zero-order chi connectivity index (χ0) is 11.7. The number of carbonyl (C=O) groups excluding carboxylic acids is 2. The Labute approximate surface area is 105 Å². The van der Waals surface area contributed by atoms with E-state index in [1.807, 2.05) is 0 Å². The zero-order valence-corrected chi connectivity index (χ0v) is 11.4. The minimum absolute atomic E-state index is 0. The van der Waals surface area contributed by atoms with E-state index in [2.05, 4.69) is 0 Å². The number of rotatable bonds is 4. The minimum Gasteiger partial charge on any atom is -0.547 e. The van der Waals surface area contributed by atoms with Crippen LogP contribution < -0.4 is 10.2 Å². The molecule has 0 aliphatic rings. The van der Waals surface area contributed by atoms with Crippen molar-refractivity contribution in [3.05, 3.63) is 0 Å². The number of aliphatic hydroxyl groups is 4. The number of aliphatic hydroxyl groups excluding tert-OH is 4. The molecular weight excluding hydrogens is 407 g/mol. The third kappa shape index (κ3) is 13.7. The zero-order valence-electron chi connectivity index (χ0n) is 7.49. The summed E-state index contributed by atoms with van der Waals surface area (Å²) in [4.78, 5) is 18.8. The molecule has 8 nitrogen and oxygen atoms in total. The van der Waals surface area contributed by atoms with E-state index in [1.165, 1.54) is 0 Å². The summed E-state index contributed by atoms with van der Waals surface area (Å²) in [6.45, 7) is -1.58. The standard InChI is InChI=1S/2C3H6O4.Pb/c2*4-1-2(5)3(6)7;/h2*2,4-5H,1H2,(H,6,7);/q;;+2/p-2. The van der Waals surface area contributed by atoms with Crippen molar-refractivity contribution >= 4 is 39.2 Å². The molecule has 15 heavy (non-hydrogen) atoms. The van der Waals surface area contributed by atoms with Crippen LogP contribution in [-0.2, 0) is 9.59 Å². The molecule has 0 aromatic rings. The minimum atomic E-state index is -1.74. The van der Waals surface area contributed by atoms with Crippen molar-refractivity contribution in [2.45, 2.75) is 12.2 Å². The predicted molar refractivity (Wildman–Crippen MR) is 42.0 cm³/mol. The molecule has 0 saturated heterocycles. The molecule has 0 saturated carbocycles. The summed E-state index contributed by atoms with van der Waals surface area (Å²) in [5.74, 6) is -3.30. The third-order valence-electron chi connectivity index (χ3n) is 0.890. The molecule has 2 atom stereocenters. The quantitative estimate of drug-likeness (QED) is 0.329. The summed E-state index contributed by atoms with van der Waals surface area (Å²) in [6, 6.07) is 0. The summed E-state index contributed by atoms with van der Waals surface area (Å²) in [5, 5.41) is 50.5. The summed E-state index contributed by atoms with van der Waals surface area (Å²) in [7, 11) is 0. The Morgan fingerprint density at radius 1 is 0.933 bits per heavy atom. The van der Waals surface area contributed by atoms with Gasteiger partial charge in [-0.15, -0.1) is 0 Å². The van der Waals surface area contributed by atoms with E-state index in [0.29, 0.717) is 0 Å². The van der Waals surface area contributed by atoms with Gasteiger partial charge in [-0.2, -0.15) is 0 Å². The van der Waals surface area contributed by atoms with Crippen molar-refractivity contribution in [1.29, 1.82) is 0 Å². The molecule has 0 aromatic heterocycles. The van der Waals surface area contributed by atoms with Crippen LogP contribution in [0.2, 0.25) is 0 Å². The van der Waals surface area contributed by atoms with Crippen molar-refractivity contribution in [1.82, 2.24) is 0 Å². The van der Waals surface area contributed by atoms with Gasteiger partial charge >= 0.3 is 27.3 Å². The number of hydrogen-bond acceptors (Lipinski definition) is 8. The van der Waals surface area contributed by atoms with E-state index in [9.17, 15) is 19.8 Å². The van der Waals surface area contributed by atoms with Gasteiger partial charge in [0.15, 0.2) is 0 Å². The van der Waals surface area contributed by atoms with Crippen LogP contribution in [0.3, 0.4) is 0 Å².